The number of ketones is 1. The van der Waals surface area contributed by atoms with Gasteiger partial charge in [-0.25, -0.2) is 0 Å². The van der Waals surface area contributed by atoms with Crippen molar-refractivity contribution in [1.82, 2.24) is 20.5 Å². The molecule has 1 aromatic heterocycles. The average molecular weight is 567 g/mol. The van der Waals surface area contributed by atoms with E-state index in [0.29, 0.717) is 12.0 Å². The zero-order valence-electron chi connectivity index (χ0n) is 22.1. The number of carbonyl (C=O) groups excluding carboxylic acids is 4. The maximum absolute atomic E-state index is 13.5. The first-order valence-electron chi connectivity index (χ1n) is 13.1. The maximum atomic E-state index is 13.5. The van der Waals surface area contributed by atoms with Gasteiger partial charge in [0.1, 0.15) is 12.1 Å². The largest absolute Gasteiger partial charge is 0.416 e. The monoisotopic (exact) mass is 566 g/mol. The molecule has 0 spiro atoms. The maximum Gasteiger partial charge on any atom is 0.416 e. The molecule has 214 valence electrons. The SMILES string of the molecule is O=C(NCCc1ccccn1)C(=O)C(Cc1ccccc1)NC(=O)[C@@H]1CCC(=O)N1Cc1ccccc1C(F)(F)F. The lowest BCUT2D eigenvalue weighted by atomic mass is 10.0. The fourth-order valence-corrected chi connectivity index (χ4v) is 4.75. The third-order valence-electron chi connectivity index (χ3n) is 6.83. The van der Waals surface area contributed by atoms with Crippen LogP contribution in [0, 0.1) is 0 Å². The predicted molar refractivity (Wildman–Crippen MR) is 143 cm³/mol. The van der Waals surface area contributed by atoms with Crippen LogP contribution in [-0.4, -0.2) is 52.0 Å². The number of likely N-dealkylation sites (tertiary alicyclic amines) is 1. The van der Waals surface area contributed by atoms with E-state index in [4.69, 9.17) is 0 Å². The normalized spacial score (nSPS) is 15.8. The van der Waals surface area contributed by atoms with Gasteiger partial charge in [0.05, 0.1) is 5.56 Å². The fraction of sp³-hybridized carbons (Fsp3) is 0.300. The lowest BCUT2D eigenvalue weighted by Gasteiger charge is -2.27. The van der Waals surface area contributed by atoms with E-state index in [1.54, 1.807) is 54.7 Å². The summed E-state index contributed by atoms with van der Waals surface area (Å²) in [5.41, 5.74) is 0.383. The molecular weight excluding hydrogens is 537 g/mol. The topological polar surface area (TPSA) is 108 Å². The second-order valence-corrected chi connectivity index (χ2v) is 9.67. The number of benzene rings is 2. The quantitative estimate of drug-likeness (QED) is 0.347. The summed E-state index contributed by atoms with van der Waals surface area (Å²) in [7, 11) is 0. The third kappa shape index (κ3) is 7.77. The summed E-state index contributed by atoms with van der Waals surface area (Å²) >= 11 is 0. The van der Waals surface area contributed by atoms with Gasteiger partial charge in [-0.1, -0.05) is 54.6 Å². The van der Waals surface area contributed by atoms with E-state index in [-0.39, 0.29) is 31.4 Å². The number of nitrogens with zero attached hydrogens (tertiary/aromatic N) is 2. The first-order chi connectivity index (χ1) is 19.6. The van der Waals surface area contributed by atoms with E-state index in [1.807, 2.05) is 0 Å². The Balaban J connectivity index is 1.48. The molecule has 2 N–H and O–H groups in total. The molecule has 1 unspecified atom stereocenters. The van der Waals surface area contributed by atoms with Crippen LogP contribution in [-0.2, 0) is 44.7 Å². The molecule has 1 saturated heterocycles. The predicted octanol–water partition coefficient (Wildman–Crippen LogP) is 3.25. The first-order valence-corrected chi connectivity index (χ1v) is 13.1. The van der Waals surface area contributed by atoms with Gasteiger partial charge in [-0.05, 0) is 35.7 Å². The molecular formula is C30H29F3N4O4. The Morgan fingerprint density at radius 2 is 1.68 bits per heavy atom. The Kier molecular flexibility index (Phi) is 9.49. The number of amides is 3. The van der Waals surface area contributed by atoms with E-state index in [1.165, 1.54) is 18.2 Å². The van der Waals surface area contributed by atoms with Crippen LogP contribution in [0.1, 0.15) is 35.2 Å². The minimum absolute atomic E-state index is 0.0106. The highest BCUT2D eigenvalue weighted by Crippen LogP contribution is 2.33. The number of hydrogen-bond donors (Lipinski definition) is 2. The minimum atomic E-state index is -4.63. The van der Waals surface area contributed by atoms with Crippen LogP contribution in [0.2, 0.25) is 0 Å². The van der Waals surface area contributed by atoms with Crippen LogP contribution in [0.15, 0.2) is 79.0 Å². The number of alkyl halides is 3. The number of nitrogens with one attached hydrogen (secondary N) is 2. The summed E-state index contributed by atoms with van der Waals surface area (Å²) in [4.78, 5) is 57.2. The fourth-order valence-electron chi connectivity index (χ4n) is 4.75. The lowest BCUT2D eigenvalue weighted by Crippen LogP contribution is -2.53. The molecule has 2 atom stereocenters. The number of Topliss-reactive ketones (excluding diaryl/α,β-unsaturated/α-hetero) is 1. The van der Waals surface area contributed by atoms with Crippen LogP contribution in [0.4, 0.5) is 13.2 Å². The highest BCUT2D eigenvalue weighted by atomic mass is 19.4. The molecule has 1 fully saturated rings. The lowest BCUT2D eigenvalue weighted by molar-refractivity contribution is -0.142. The van der Waals surface area contributed by atoms with Crippen molar-refractivity contribution in [3.05, 3.63) is 101 Å². The standard InChI is InChI=1S/C30H29F3N4O4/c31-30(32,33)23-12-5-4-10-21(23)19-37-25(13-14-26(37)38)28(40)36-24(18-20-8-2-1-3-9-20)27(39)29(41)35-17-15-22-11-6-7-16-34-22/h1-12,16,24-25H,13-15,17-19H2,(H,35,41)(H,36,40)/t24?,25-/m0/s1. The van der Waals surface area contributed by atoms with Gasteiger partial charge in [0, 0.05) is 44.2 Å². The zero-order chi connectivity index (χ0) is 29.4. The number of hydrogen-bond acceptors (Lipinski definition) is 5. The number of rotatable bonds is 11. The summed E-state index contributed by atoms with van der Waals surface area (Å²) in [6.45, 7) is -0.269. The Morgan fingerprint density at radius 3 is 2.39 bits per heavy atom. The summed E-state index contributed by atoms with van der Waals surface area (Å²) in [5.74, 6) is -2.95. The Morgan fingerprint density at radius 1 is 0.976 bits per heavy atom. The van der Waals surface area contributed by atoms with Crippen LogP contribution < -0.4 is 10.6 Å². The van der Waals surface area contributed by atoms with Crippen molar-refractivity contribution >= 4 is 23.5 Å². The van der Waals surface area contributed by atoms with Crippen molar-refractivity contribution in [1.29, 1.82) is 0 Å². The van der Waals surface area contributed by atoms with E-state index in [9.17, 15) is 32.3 Å². The van der Waals surface area contributed by atoms with Crippen molar-refractivity contribution in [2.45, 2.75) is 50.5 Å². The number of aromatic nitrogens is 1. The van der Waals surface area contributed by atoms with Gasteiger partial charge >= 0.3 is 6.18 Å². The Hall–Kier alpha value is -4.54. The first kappa shape index (κ1) is 29.4. The summed E-state index contributed by atoms with van der Waals surface area (Å²) in [6.07, 6.45) is -2.57. The number of carbonyl (C=O) groups is 4. The molecule has 0 aliphatic carbocycles. The van der Waals surface area contributed by atoms with Gasteiger partial charge in [-0.3, -0.25) is 24.2 Å². The molecule has 2 heterocycles. The second kappa shape index (κ2) is 13.2. The zero-order valence-corrected chi connectivity index (χ0v) is 22.1. The van der Waals surface area contributed by atoms with Crippen molar-refractivity contribution in [3.63, 3.8) is 0 Å². The Labute approximate surface area is 235 Å². The smallest absolute Gasteiger partial charge is 0.349 e. The van der Waals surface area contributed by atoms with Crippen molar-refractivity contribution < 1.29 is 32.3 Å². The van der Waals surface area contributed by atoms with Gasteiger partial charge in [0.25, 0.3) is 5.91 Å². The molecule has 41 heavy (non-hydrogen) atoms. The van der Waals surface area contributed by atoms with Gasteiger partial charge < -0.3 is 15.5 Å². The molecule has 8 nitrogen and oxygen atoms in total. The molecule has 1 aliphatic rings. The van der Waals surface area contributed by atoms with E-state index in [2.05, 4.69) is 15.6 Å². The molecule has 0 radical (unpaired) electrons. The van der Waals surface area contributed by atoms with Crippen LogP contribution >= 0.6 is 0 Å². The van der Waals surface area contributed by atoms with Gasteiger partial charge in [0.15, 0.2) is 0 Å². The summed E-state index contributed by atoms with van der Waals surface area (Å²) < 4.78 is 40.6. The molecule has 1 aliphatic heterocycles. The van der Waals surface area contributed by atoms with Gasteiger partial charge in [0.2, 0.25) is 17.6 Å². The van der Waals surface area contributed by atoms with E-state index in [0.717, 1.165) is 16.7 Å². The highest BCUT2D eigenvalue weighted by molar-refractivity contribution is 6.38. The molecule has 2 aromatic carbocycles. The minimum Gasteiger partial charge on any atom is -0.349 e. The number of halogens is 3. The van der Waals surface area contributed by atoms with Gasteiger partial charge in [-0.2, -0.15) is 13.2 Å². The highest BCUT2D eigenvalue weighted by Gasteiger charge is 2.40. The van der Waals surface area contributed by atoms with Crippen molar-refractivity contribution in [2.24, 2.45) is 0 Å². The third-order valence-corrected chi connectivity index (χ3v) is 6.83. The average Bonchev–Trinajstić information content (AvgIpc) is 3.32. The van der Waals surface area contributed by atoms with Crippen LogP contribution in [0.25, 0.3) is 0 Å². The molecule has 4 rings (SSSR count). The molecule has 11 heteroatoms. The van der Waals surface area contributed by atoms with Crippen LogP contribution in [0.3, 0.4) is 0 Å². The van der Waals surface area contributed by atoms with Crippen LogP contribution in [0.5, 0.6) is 0 Å². The molecule has 0 bridgehead atoms. The van der Waals surface area contributed by atoms with E-state index >= 15 is 0 Å². The number of pyridine rings is 1. The van der Waals surface area contributed by atoms with Crippen molar-refractivity contribution in [2.75, 3.05) is 6.54 Å². The van der Waals surface area contributed by atoms with E-state index < -0.39 is 53.9 Å². The molecule has 3 amide bonds. The summed E-state index contributed by atoms with van der Waals surface area (Å²) in [5, 5.41) is 5.16. The Bertz CT molecular complexity index is 1380. The molecule has 0 saturated carbocycles. The van der Waals surface area contributed by atoms with Crippen molar-refractivity contribution in [3.8, 4) is 0 Å². The van der Waals surface area contributed by atoms with Gasteiger partial charge in [-0.15, -0.1) is 0 Å². The summed E-state index contributed by atoms with van der Waals surface area (Å²) in [6, 6.07) is 16.6. The molecule has 3 aromatic rings. The second-order valence-electron chi connectivity index (χ2n) is 9.67.